The van der Waals surface area contributed by atoms with Crippen LogP contribution in [0.3, 0.4) is 0 Å². The third-order valence-corrected chi connectivity index (χ3v) is 7.06. The summed E-state index contributed by atoms with van der Waals surface area (Å²) in [7, 11) is 0. The Morgan fingerprint density at radius 2 is 1.42 bits per heavy atom. The average Bonchev–Trinajstić information content (AvgIpc) is 3.46. The first kappa shape index (κ1) is 18.5. The lowest BCUT2D eigenvalue weighted by atomic mass is 10.0. The Balaban J connectivity index is 1.38. The van der Waals surface area contributed by atoms with Crippen LogP contribution in [0, 0.1) is 6.92 Å². The molecule has 4 aromatic carbocycles. The van der Waals surface area contributed by atoms with Crippen LogP contribution < -0.4 is 9.80 Å². The Morgan fingerprint density at radius 1 is 0.727 bits per heavy atom. The third-order valence-electron chi connectivity index (χ3n) is 7.06. The van der Waals surface area contributed by atoms with Crippen molar-refractivity contribution in [1.29, 1.82) is 0 Å². The summed E-state index contributed by atoms with van der Waals surface area (Å²) in [5.41, 5.74) is 11.1. The molecule has 33 heavy (non-hydrogen) atoms. The van der Waals surface area contributed by atoms with Crippen molar-refractivity contribution in [3.05, 3.63) is 108 Å². The number of benzene rings is 4. The SMILES string of the molecule is Cc1cc2c(cc1N1c3ccccc3N(c3ccccc3)[C@@H]1C)Cc1nc3ccccc3n1-2. The van der Waals surface area contributed by atoms with E-state index >= 15 is 0 Å². The first-order valence-corrected chi connectivity index (χ1v) is 11.5. The Morgan fingerprint density at radius 3 is 2.24 bits per heavy atom. The van der Waals surface area contributed by atoms with Gasteiger partial charge in [0, 0.05) is 17.8 Å². The van der Waals surface area contributed by atoms with Gasteiger partial charge in [0.2, 0.25) is 0 Å². The number of fused-ring (bicyclic) bond motifs is 6. The fourth-order valence-corrected chi connectivity index (χ4v) is 5.63. The second-order valence-electron chi connectivity index (χ2n) is 8.99. The van der Waals surface area contributed by atoms with E-state index in [2.05, 4.69) is 119 Å². The van der Waals surface area contributed by atoms with Gasteiger partial charge in [-0.2, -0.15) is 0 Å². The van der Waals surface area contributed by atoms with E-state index in [1.807, 2.05) is 0 Å². The Bertz CT molecular complexity index is 1530. The first-order valence-electron chi connectivity index (χ1n) is 11.5. The van der Waals surface area contributed by atoms with Crippen molar-refractivity contribution in [2.75, 3.05) is 9.80 Å². The summed E-state index contributed by atoms with van der Waals surface area (Å²) in [4.78, 5) is 9.82. The number of imidazole rings is 1. The molecule has 0 fully saturated rings. The molecule has 160 valence electrons. The number of aryl methyl sites for hydroxylation is 1. The standard InChI is InChI=1S/C29H24N4/c1-19-16-28-21(18-29-30-23-12-6-7-13-24(23)33(28)29)17-27(19)32-20(2)31(22-10-4-3-5-11-22)25-14-8-9-15-26(25)32/h3-17,20H,18H2,1-2H3/t20-/m0/s1. The van der Waals surface area contributed by atoms with Crippen LogP contribution in [0.2, 0.25) is 0 Å². The monoisotopic (exact) mass is 428 g/mol. The summed E-state index contributed by atoms with van der Waals surface area (Å²) in [5, 5.41) is 0. The molecule has 0 radical (unpaired) electrons. The van der Waals surface area contributed by atoms with Gasteiger partial charge in [0.05, 0.1) is 28.1 Å². The predicted octanol–water partition coefficient (Wildman–Crippen LogP) is 6.87. The maximum absolute atomic E-state index is 4.91. The van der Waals surface area contributed by atoms with E-state index in [-0.39, 0.29) is 6.17 Å². The van der Waals surface area contributed by atoms with Crippen LogP contribution in [0.5, 0.6) is 0 Å². The Labute approximate surface area is 193 Å². The van der Waals surface area contributed by atoms with Crippen molar-refractivity contribution in [3.8, 4) is 5.69 Å². The second-order valence-corrected chi connectivity index (χ2v) is 8.99. The van der Waals surface area contributed by atoms with E-state index in [1.54, 1.807) is 0 Å². The molecule has 0 saturated carbocycles. The molecule has 4 nitrogen and oxygen atoms in total. The van der Waals surface area contributed by atoms with Crippen molar-refractivity contribution in [2.45, 2.75) is 26.4 Å². The molecular weight excluding hydrogens is 404 g/mol. The van der Waals surface area contributed by atoms with Crippen LogP contribution in [-0.2, 0) is 6.42 Å². The summed E-state index contributed by atoms with van der Waals surface area (Å²) in [6, 6.07) is 32.6. The van der Waals surface area contributed by atoms with Crippen LogP contribution in [0.1, 0.15) is 23.9 Å². The minimum absolute atomic E-state index is 0.167. The lowest BCUT2D eigenvalue weighted by Crippen LogP contribution is -2.35. The highest BCUT2D eigenvalue weighted by molar-refractivity contribution is 5.89. The quantitative estimate of drug-likeness (QED) is 0.301. The Hall–Kier alpha value is -4.05. The van der Waals surface area contributed by atoms with Crippen LogP contribution in [-0.4, -0.2) is 15.7 Å². The molecule has 5 aromatic rings. The molecule has 0 unspecified atom stereocenters. The van der Waals surface area contributed by atoms with Gasteiger partial charge >= 0.3 is 0 Å². The number of hydrogen-bond acceptors (Lipinski definition) is 3. The first-order chi connectivity index (χ1) is 16.2. The summed E-state index contributed by atoms with van der Waals surface area (Å²) >= 11 is 0. The van der Waals surface area contributed by atoms with Gasteiger partial charge in [0.25, 0.3) is 0 Å². The van der Waals surface area contributed by atoms with E-state index in [4.69, 9.17) is 4.98 Å². The van der Waals surface area contributed by atoms with E-state index in [0.717, 1.165) is 17.8 Å². The molecule has 2 aliphatic heterocycles. The number of para-hydroxylation sites is 5. The number of aromatic nitrogens is 2. The fraction of sp³-hybridized carbons (Fsp3) is 0.138. The molecule has 0 saturated heterocycles. The number of hydrogen-bond donors (Lipinski definition) is 0. The maximum atomic E-state index is 4.91. The highest BCUT2D eigenvalue weighted by Crippen LogP contribution is 2.49. The van der Waals surface area contributed by atoms with Gasteiger partial charge in [-0.05, 0) is 73.5 Å². The van der Waals surface area contributed by atoms with Crippen molar-refractivity contribution < 1.29 is 0 Å². The maximum Gasteiger partial charge on any atom is 0.118 e. The summed E-state index contributed by atoms with van der Waals surface area (Å²) < 4.78 is 2.33. The van der Waals surface area contributed by atoms with Gasteiger partial charge in [-0.15, -0.1) is 0 Å². The Kier molecular flexibility index (Phi) is 3.77. The fourth-order valence-electron chi connectivity index (χ4n) is 5.63. The van der Waals surface area contributed by atoms with Crippen molar-refractivity contribution in [3.63, 3.8) is 0 Å². The van der Waals surface area contributed by atoms with Crippen molar-refractivity contribution in [2.24, 2.45) is 0 Å². The lowest BCUT2D eigenvalue weighted by Gasteiger charge is -2.31. The zero-order chi connectivity index (χ0) is 22.1. The van der Waals surface area contributed by atoms with Gasteiger partial charge in [0.1, 0.15) is 12.0 Å². The number of nitrogens with zero attached hydrogens (tertiary/aromatic N) is 4. The van der Waals surface area contributed by atoms with Crippen molar-refractivity contribution >= 4 is 33.8 Å². The molecule has 4 heteroatoms. The molecule has 2 aliphatic rings. The molecule has 3 heterocycles. The molecule has 7 rings (SSSR count). The average molecular weight is 429 g/mol. The molecule has 0 spiro atoms. The predicted molar refractivity (Wildman–Crippen MR) is 135 cm³/mol. The van der Waals surface area contributed by atoms with Crippen LogP contribution in [0.4, 0.5) is 22.7 Å². The zero-order valence-corrected chi connectivity index (χ0v) is 18.7. The topological polar surface area (TPSA) is 24.3 Å². The summed E-state index contributed by atoms with van der Waals surface area (Å²) in [6.45, 7) is 4.52. The van der Waals surface area contributed by atoms with Crippen molar-refractivity contribution in [1.82, 2.24) is 9.55 Å². The highest BCUT2D eigenvalue weighted by atomic mass is 15.4. The second kappa shape index (κ2) is 6.72. The van der Waals surface area contributed by atoms with Gasteiger partial charge in [0.15, 0.2) is 0 Å². The highest BCUT2D eigenvalue weighted by Gasteiger charge is 2.36. The lowest BCUT2D eigenvalue weighted by molar-refractivity contribution is 0.759. The minimum atomic E-state index is 0.167. The van der Waals surface area contributed by atoms with E-state index in [9.17, 15) is 0 Å². The van der Waals surface area contributed by atoms with E-state index < -0.39 is 0 Å². The minimum Gasteiger partial charge on any atom is -0.319 e. The summed E-state index contributed by atoms with van der Waals surface area (Å²) in [5.74, 6) is 1.13. The molecule has 0 amide bonds. The van der Waals surface area contributed by atoms with E-state index in [1.165, 1.54) is 45.1 Å². The molecule has 1 aromatic heterocycles. The smallest absolute Gasteiger partial charge is 0.118 e. The largest absolute Gasteiger partial charge is 0.319 e. The molecule has 0 bridgehead atoms. The summed E-state index contributed by atoms with van der Waals surface area (Å²) in [6.07, 6.45) is 1.03. The normalized spacial score (nSPS) is 16.2. The van der Waals surface area contributed by atoms with Gasteiger partial charge in [-0.1, -0.05) is 42.5 Å². The van der Waals surface area contributed by atoms with Crippen LogP contribution in [0.25, 0.3) is 16.7 Å². The number of anilines is 4. The van der Waals surface area contributed by atoms with Gasteiger partial charge < -0.3 is 9.80 Å². The third kappa shape index (κ3) is 2.55. The van der Waals surface area contributed by atoms with E-state index in [0.29, 0.717) is 0 Å². The molecule has 0 N–H and O–H groups in total. The van der Waals surface area contributed by atoms with Gasteiger partial charge in [-0.25, -0.2) is 4.98 Å². The number of rotatable bonds is 2. The zero-order valence-electron chi connectivity index (χ0n) is 18.7. The molecular formula is C29H24N4. The van der Waals surface area contributed by atoms with Gasteiger partial charge in [-0.3, -0.25) is 4.57 Å². The van der Waals surface area contributed by atoms with Crippen LogP contribution >= 0.6 is 0 Å². The molecule has 0 aliphatic carbocycles. The molecule has 1 atom stereocenters. The van der Waals surface area contributed by atoms with Crippen LogP contribution in [0.15, 0.2) is 91.0 Å².